The van der Waals surface area contributed by atoms with Crippen molar-refractivity contribution in [1.82, 2.24) is 0 Å². The second kappa shape index (κ2) is 6.21. The largest absolute Gasteiger partial charge is 0.480 e. The lowest BCUT2D eigenvalue weighted by Crippen LogP contribution is -2.30. The second-order valence-electron chi connectivity index (χ2n) is 3.33. The van der Waals surface area contributed by atoms with Crippen molar-refractivity contribution in [1.29, 1.82) is 0 Å². The molecule has 0 saturated carbocycles. The van der Waals surface area contributed by atoms with Gasteiger partial charge in [-0.2, -0.15) is 0 Å². The van der Waals surface area contributed by atoms with Gasteiger partial charge in [-0.05, 0) is 18.6 Å². The molecule has 0 aliphatic carbocycles. The van der Waals surface area contributed by atoms with Crippen LogP contribution in [0, 0.1) is 10.1 Å². The van der Waals surface area contributed by atoms with E-state index < -0.39 is 16.9 Å². The van der Waals surface area contributed by atoms with Crippen LogP contribution in [0.15, 0.2) is 29.2 Å². The number of thioether (sulfide) groups is 1. The number of nitrogens with two attached hydrogens (primary N) is 1. The fourth-order valence-electron chi connectivity index (χ4n) is 1.09. The van der Waals surface area contributed by atoms with Gasteiger partial charge >= 0.3 is 5.97 Å². The van der Waals surface area contributed by atoms with Crippen molar-refractivity contribution >= 4 is 23.4 Å². The van der Waals surface area contributed by atoms with Gasteiger partial charge in [-0.25, -0.2) is 0 Å². The van der Waals surface area contributed by atoms with Crippen molar-refractivity contribution in [3.8, 4) is 0 Å². The highest BCUT2D eigenvalue weighted by atomic mass is 32.2. The Kier molecular flexibility index (Phi) is 4.92. The Morgan fingerprint density at radius 1 is 1.47 bits per heavy atom. The first-order chi connectivity index (χ1) is 8.00. The van der Waals surface area contributed by atoms with E-state index in [1.54, 1.807) is 12.1 Å². The fraction of sp³-hybridized carbons (Fsp3) is 0.300. The van der Waals surface area contributed by atoms with Crippen LogP contribution in [0.3, 0.4) is 0 Å². The Balaban J connectivity index is 2.42. The third-order valence-corrected chi connectivity index (χ3v) is 3.11. The molecule has 0 heterocycles. The van der Waals surface area contributed by atoms with Crippen molar-refractivity contribution in [2.24, 2.45) is 5.73 Å². The van der Waals surface area contributed by atoms with E-state index in [9.17, 15) is 14.9 Å². The van der Waals surface area contributed by atoms with Gasteiger partial charge < -0.3 is 10.8 Å². The van der Waals surface area contributed by atoms with E-state index in [2.05, 4.69) is 0 Å². The summed E-state index contributed by atoms with van der Waals surface area (Å²) in [5.41, 5.74) is 5.38. The molecular weight excluding hydrogens is 244 g/mol. The van der Waals surface area contributed by atoms with Crippen molar-refractivity contribution in [2.45, 2.75) is 17.4 Å². The monoisotopic (exact) mass is 256 g/mol. The molecule has 0 aliphatic rings. The van der Waals surface area contributed by atoms with E-state index in [1.165, 1.54) is 23.9 Å². The average Bonchev–Trinajstić information content (AvgIpc) is 2.29. The lowest BCUT2D eigenvalue weighted by Gasteiger charge is -2.05. The van der Waals surface area contributed by atoms with Gasteiger partial charge in [0.2, 0.25) is 0 Å². The Morgan fingerprint density at radius 2 is 2.06 bits per heavy atom. The smallest absolute Gasteiger partial charge is 0.320 e. The van der Waals surface area contributed by atoms with E-state index in [0.29, 0.717) is 12.2 Å². The topological polar surface area (TPSA) is 106 Å². The van der Waals surface area contributed by atoms with Crippen molar-refractivity contribution in [3.05, 3.63) is 34.4 Å². The number of nitrogens with zero attached hydrogens (tertiary/aromatic N) is 1. The van der Waals surface area contributed by atoms with Crippen molar-refractivity contribution in [2.75, 3.05) is 5.75 Å². The summed E-state index contributed by atoms with van der Waals surface area (Å²) in [5.74, 6) is -0.458. The number of nitro benzene ring substituents is 1. The molecule has 0 aromatic heterocycles. The Labute approximate surface area is 102 Å². The molecule has 0 radical (unpaired) electrons. The van der Waals surface area contributed by atoms with Crippen LogP contribution in [0.2, 0.25) is 0 Å². The van der Waals surface area contributed by atoms with Crippen LogP contribution in [0.1, 0.15) is 6.42 Å². The molecule has 1 atom stereocenters. The van der Waals surface area contributed by atoms with Gasteiger partial charge in [0.25, 0.3) is 5.69 Å². The van der Waals surface area contributed by atoms with E-state index in [1.807, 2.05) is 0 Å². The van der Waals surface area contributed by atoms with Crippen LogP contribution in [0.25, 0.3) is 0 Å². The van der Waals surface area contributed by atoms with E-state index in [-0.39, 0.29) is 5.69 Å². The number of carbonyl (C=O) groups is 1. The predicted octanol–water partition coefficient (Wildman–Crippen LogP) is 1.49. The highest BCUT2D eigenvalue weighted by molar-refractivity contribution is 7.99. The minimum atomic E-state index is -1.02. The van der Waals surface area contributed by atoms with Crippen LogP contribution >= 0.6 is 11.8 Å². The quantitative estimate of drug-likeness (QED) is 0.453. The Morgan fingerprint density at radius 3 is 2.53 bits per heavy atom. The molecule has 1 aromatic carbocycles. The molecule has 0 aliphatic heterocycles. The molecule has 0 saturated heterocycles. The van der Waals surface area contributed by atoms with Gasteiger partial charge in [-0.15, -0.1) is 11.8 Å². The molecule has 0 amide bonds. The molecule has 0 spiro atoms. The molecular formula is C10H12N2O4S. The first kappa shape index (κ1) is 13.5. The van der Waals surface area contributed by atoms with E-state index in [4.69, 9.17) is 10.8 Å². The number of nitro groups is 1. The number of carboxylic acids is 1. The lowest BCUT2D eigenvalue weighted by atomic mass is 10.2. The van der Waals surface area contributed by atoms with Gasteiger partial charge in [0.1, 0.15) is 6.04 Å². The van der Waals surface area contributed by atoms with Crippen LogP contribution in [0.5, 0.6) is 0 Å². The zero-order valence-electron chi connectivity index (χ0n) is 8.91. The number of hydrogen-bond acceptors (Lipinski definition) is 5. The molecule has 7 heteroatoms. The molecule has 6 nitrogen and oxygen atoms in total. The summed E-state index contributed by atoms with van der Waals surface area (Å²) in [6.45, 7) is 0. The van der Waals surface area contributed by atoms with Crippen LogP contribution in [-0.2, 0) is 4.79 Å². The molecule has 1 aromatic rings. The summed E-state index contributed by atoms with van der Waals surface area (Å²) in [5, 5.41) is 19.0. The normalized spacial score (nSPS) is 12.1. The molecule has 17 heavy (non-hydrogen) atoms. The second-order valence-corrected chi connectivity index (χ2v) is 4.50. The predicted molar refractivity (Wildman–Crippen MR) is 64.0 cm³/mol. The zero-order chi connectivity index (χ0) is 12.8. The molecule has 0 unspecified atom stereocenters. The molecule has 0 fully saturated rings. The van der Waals surface area contributed by atoms with Gasteiger partial charge in [0.15, 0.2) is 0 Å². The summed E-state index contributed by atoms with van der Waals surface area (Å²) in [7, 11) is 0. The Bertz CT molecular complexity index is 407. The molecule has 1 rings (SSSR count). The fourth-order valence-corrected chi connectivity index (χ4v) is 2.03. The number of rotatable bonds is 6. The standard InChI is InChI=1S/C10H12N2O4S/c11-9(10(13)14)5-6-17-8-3-1-7(2-4-8)12(15)16/h1-4,9H,5-6,11H2,(H,13,14)/t9-/m0/s1. The van der Waals surface area contributed by atoms with Crippen molar-refractivity contribution in [3.63, 3.8) is 0 Å². The summed E-state index contributed by atoms with van der Waals surface area (Å²) in [6.07, 6.45) is 0.358. The Hall–Kier alpha value is -1.60. The van der Waals surface area contributed by atoms with Gasteiger partial charge in [0.05, 0.1) is 4.92 Å². The number of carboxylic acid groups (broad SMARTS) is 1. The maximum Gasteiger partial charge on any atom is 0.320 e. The molecule has 92 valence electrons. The van der Waals surface area contributed by atoms with Gasteiger partial charge in [-0.3, -0.25) is 14.9 Å². The van der Waals surface area contributed by atoms with E-state index >= 15 is 0 Å². The lowest BCUT2D eigenvalue weighted by molar-refractivity contribution is -0.384. The average molecular weight is 256 g/mol. The first-order valence-corrected chi connectivity index (χ1v) is 5.85. The minimum Gasteiger partial charge on any atom is -0.480 e. The highest BCUT2D eigenvalue weighted by Crippen LogP contribution is 2.22. The summed E-state index contributed by atoms with van der Waals surface area (Å²) in [4.78, 5) is 21.3. The summed E-state index contributed by atoms with van der Waals surface area (Å²) >= 11 is 1.42. The maximum absolute atomic E-state index is 10.5. The van der Waals surface area contributed by atoms with Gasteiger partial charge in [-0.1, -0.05) is 0 Å². The molecule has 3 N–H and O–H groups in total. The number of non-ortho nitro benzene ring substituents is 1. The summed E-state index contributed by atoms with van der Waals surface area (Å²) in [6, 6.07) is 5.24. The van der Waals surface area contributed by atoms with Crippen LogP contribution in [0.4, 0.5) is 5.69 Å². The zero-order valence-corrected chi connectivity index (χ0v) is 9.72. The van der Waals surface area contributed by atoms with Gasteiger partial charge in [0, 0.05) is 22.8 Å². The van der Waals surface area contributed by atoms with Crippen LogP contribution in [-0.4, -0.2) is 27.8 Å². The maximum atomic E-state index is 10.5. The summed E-state index contributed by atoms with van der Waals surface area (Å²) < 4.78 is 0. The SMILES string of the molecule is N[C@@H](CCSc1ccc([N+](=O)[O-])cc1)C(=O)O. The minimum absolute atomic E-state index is 0.0385. The first-order valence-electron chi connectivity index (χ1n) is 4.86. The van der Waals surface area contributed by atoms with Crippen LogP contribution < -0.4 is 5.73 Å². The molecule has 0 bridgehead atoms. The third-order valence-electron chi connectivity index (χ3n) is 2.06. The third kappa shape index (κ3) is 4.41. The van der Waals surface area contributed by atoms with E-state index in [0.717, 1.165) is 4.90 Å². The number of hydrogen-bond donors (Lipinski definition) is 2. The highest BCUT2D eigenvalue weighted by Gasteiger charge is 2.11. The van der Waals surface area contributed by atoms with Crippen molar-refractivity contribution < 1.29 is 14.8 Å². The number of aliphatic carboxylic acids is 1. The number of benzene rings is 1.